The SMILES string of the molecule is O=C(CCNS(=O)(=O)c1ccc2ccccc2c1)OCc1cc(=O)n2ccccc2n1. The summed E-state index contributed by atoms with van der Waals surface area (Å²) in [7, 11) is -3.76. The van der Waals surface area contributed by atoms with Crippen LogP contribution in [0.5, 0.6) is 0 Å². The van der Waals surface area contributed by atoms with Gasteiger partial charge in [0.2, 0.25) is 10.0 Å². The molecule has 2 heterocycles. The zero-order chi connectivity index (χ0) is 21.8. The Hall–Kier alpha value is -3.56. The number of fused-ring (bicyclic) bond motifs is 2. The van der Waals surface area contributed by atoms with Crippen LogP contribution in [0.1, 0.15) is 12.1 Å². The number of nitrogens with one attached hydrogen (secondary N) is 1. The maximum absolute atomic E-state index is 12.5. The summed E-state index contributed by atoms with van der Waals surface area (Å²) in [6.45, 7) is -0.279. The molecule has 0 unspecified atom stereocenters. The van der Waals surface area contributed by atoms with Gasteiger partial charge in [-0.05, 0) is 35.0 Å². The molecule has 9 heteroatoms. The summed E-state index contributed by atoms with van der Waals surface area (Å²) in [6, 6.07) is 18.7. The lowest BCUT2D eigenvalue weighted by molar-refractivity contribution is -0.144. The Balaban J connectivity index is 1.33. The van der Waals surface area contributed by atoms with Crippen LogP contribution in [-0.2, 0) is 26.2 Å². The molecule has 0 atom stereocenters. The first kappa shape index (κ1) is 20.7. The predicted molar refractivity (Wildman–Crippen MR) is 115 cm³/mol. The van der Waals surface area contributed by atoms with Gasteiger partial charge >= 0.3 is 5.97 Å². The van der Waals surface area contributed by atoms with Crippen LogP contribution in [0.4, 0.5) is 0 Å². The van der Waals surface area contributed by atoms with Crippen molar-refractivity contribution in [2.75, 3.05) is 6.54 Å². The molecule has 0 spiro atoms. The number of benzene rings is 2. The van der Waals surface area contributed by atoms with Crippen LogP contribution in [0.25, 0.3) is 16.4 Å². The van der Waals surface area contributed by atoms with E-state index in [1.165, 1.54) is 16.5 Å². The molecule has 2 aromatic carbocycles. The van der Waals surface area contributed by atoms with Gasteiger partial charge in [-0.2, -0.15) is 0 Å². The highest BCUT2D eigenvalue weighted by Gasteiger charge is 2.15. The lowest BCUT2D eigenvalue weighted by atomic mass is 10.1. The van der Waals surface area contributed by atoms with E-state index in [4.69, 9.17) is 4.74 Å². The number of hydrogen-bond donors (Lipinski definition) is 1. The van der Waals surface area contributed by atoms with Crippen molar-refractivity contribution in [3.05, 3.63) is 89.0 Å². The second-order valence-electron chi connectivity index (χ2n) is 6.83. The smallest absolute Gasteiger partial charge is 0.307 e. The lowest BCUT2D eigenvalue weighted by Crippen LogP contribution is -2.26. The van der Waals surface area contributed by atoms with Crippen molar-refractivity contribution in [2.24, 2.45) is 0 Å². The van der Waals surface area contributed by atoms with Crippen molar-refractivity contribution in [1.82, 2.24) is 14.1 Å². The van der Waals surface area contributed by atoms with Crippen LogP contribution in [0, 0.1) is 0 Å². The van der Waals surface area contributed by atoms with E-state index in [0.29, 0.717) is 11.3 Å². The minimum Gasteiger partial charge on any atom is -0.459 e. The van der Waals surface area contributed by atoms with Gasteiger partial charge in [-0.25, -0.2) is 18.1 Å². The number of carbonyl (C=O) groups excluding carboxylic acids is 1. The monoisotopic (exact) mass is 437 g/mol. The van der Waals surface area contributed by atoms with Crippen LogP contribution >= 0.6 is 0 Å². The van der Waals surface area contributed by atoms with Gasteiger partial charge < -0.3 is 4.74 Å². The highest BCUT2D eigenvalue weighted by Crippen LogP contribution is 2.18. The van der Waals surface area contributed by atoms with Crippen molar-refractivity contribution < 1.29 is 17.9 Å². The first-order valence-electron chi connectivity index (χ1n) is 9.54. The van der Waals surface area contributed by atoms with E-state index in [1.807, 2.05) is 24.3 Å². The number of pyridine rings is 1. The van der Waals surface area contributed by atoms with Crippen molar-refractivity contribution in [3.63, 3.8) is 0 Å². The molecule has 0 saturated heterocycles. The molecule has 0 aliphatic heterocycles. The van der Waals surface area contributed by atoms with Crippen LogP contribution < -0.4 is 10.3 Å². The minimum absolute atomic E-state index is 0.109. The number of nitrogens with zero attached hydrogens (tertiary/aromatic N) is 2. The van der Waals surface area contributed by atoms with E-state index < -0.39 is 16.0 Å². The lowest BCUT2D eigenvalue weighted by Gasteiger charge is -2.08. The van der Waals surface area contributed by atoms with Gasteiger partial charge in [-0.3, -0.25) is 14.0 Å². The Labute approximate surface area is 178 Å². The molecule has 2 aromatic heterocycles. The van der Waals surface area contributed by atoms with Crippen molar-refractivity contribution in [3.8, 4) is 0 Å². The first-order chi connectivity index (χ1) is 14.9. The zero-order valence-electron chi connectivity index (χ0n) is 16.4. The van der Waals surface area contributed by atoms with Gasteiger partial charge in [-0.1, -0.05) is 36.4 Å². The fourth-order valence-corrected chi connectivity index (χ4v) is 4.18. The molecule has 0 amide bonds. The maximum atomic E-state index is 12.5. The largest absolute Gasteiger partial charge is 0.459 e. The molecule has 0 radical (unpaired) electrons. The Bertz CT molecular complexity index is 1430. The number of hydrogen-bond acceptors (Lipinski definition) is 6. The molecule has 0 fully saturated rings. The molecule has 0 aliphatic rings. The summed E-state index contributed by atoms with van der Waals surface area (Å²) in [5.41, 5.74) is 0.491. The highest BCUT2D eigenvalue weighted by atomic mass is 32.2. The van der Waals surface area contributed by atoms with Crippen molar-refractivity contribution >= 4 is 32.4 Å². The Morgan fingerprint density at radius 3 is 2.61 bits per heavy atom. The van der Waals surface area contributed by atoms with E-state index >= 15 is 0 Å². The van der Waals surface area contributed by atoms with Crippen LogP contribution in [-0.4, -0.2) is 30.3 Å². The van der Waals surface area contributed by atoms with E-state index in [2.05, 4.69) is 9.71 Å². The number of aromatic nitrogens is 2. The number of sulfonamides is 1. The summed E-state index contributed by atoms with van der Waals surface area (Å²) in [5.74, 6) is -0.601. The third-order valence-corrected chi connectivity index (χ3v) is 6.12. The second-order valence-corrected chi connectivity index (χ2v) is 8.60. The molecule has 158 valence electrons. The Kier molecular flexibility index (Phi) is 5.79. The Morgan fingerprint density at radius 1 is 1.00 bits per heavy atom. The van der Waals surface area contributed by atoms with Gasteiger partial charge in [0.15, 0.2) is 0 Å². The predicted octanol–water partition coefficient (Wildman–Crippen LogP) is 2.26. The number of ether oxygens (including phenoxy) is 1. The fraction of sp³-hybridized carbons (Fsp3) is 0.136. The molecule has 8 nitrogen and oxygen atoms in total. The second kappa shape index (κ2) is 8.66. The quantitative estimate of drug-likeness (QED) is 0.445. The van der Waals surface area contributed by atoms with Crippen molar-refractivity contribution in [1.29, 1.82) is 0 Å². The highest BCUT2D eigenvalue weighted by molar-refractivity contribution is 7.89. The van der Waals surface area contributed by atoms with Gasteiger partial charge in [0.25, 0.3) is 5.56 Å². The number of esters is 1. The van der Waals surface area contributed by atoms with Crippen LogP contribution in [0.15, 0.2) is 82.6 Å². The average molecular weight is 437 g/mol. The summed E-state index contributed by atoms with van der Waals surface area (Å²) >= 11 is 0. The first-order valence-corrected chi connectivity index (χ1v) is 11.0. The average Bonchev–Trinajstić information content (AvgIpc) is 2.77. The van der Waals surface area contributed by atoms with Gasteiger partial charge in [0.1, 0.15) is 12.3 Å². The minimum atomic E-state index is -3.76. The molecular weight excluding hydrogens is 418 g/mol. The summed E-state index contributed by atoms with van der Waals surface area (Å²) < 4.78 is 33.9. The Morgan fingerprint density at radius 2 is 1.77 bits per heavy atom. The molecule has 31 heavy (non-hydrogen) atoms. The normalized spacial score (nSPS) is 11.6. The molecule has 0 saturated carbocycles. The van der Waals surface area contributed by atoms with Gasteiger partial charge in [-0.15, -0.1) is 0 Å². The van der Waals surface area contributed by atoms with E-state index in [0.717, 1.165) is 10.8 Å². The standard InChI is InChI=1S/C22H19N3O5S/c26-21-14-18(24-20-7-3-4-12-25(20)21)15-30-22(27)10-11-23-31(28,29)19-9-8-16-5-1-2-6-17(16)13-19/h1-9,12-14,23H,10-11,15H2. The molecule has 0 bridgehead atoms. The fourth-order valence-electron chi connectivity index (χ4n) is 3.11. The maximum Gasteiger partial charge on any atom is 0.307 e. The topological polar surface area (TPSA) is 107 Å². The molecular formula is C22H19N3O5S. The molecule has 4 aromatic rings. The summed E-state index contributed by atoms with van der Waals surface area (Å²) in [4.78, 5) is 28.4. The summed E-state index contributed by atoms with van der Waals surface area (Å²) in [5, 5.41) is 1.75. The molecule has 4 rings (SSSR count). The number of carbonyl (C=O) groups is 1. The number of rotatable bonds is 7. The van der Waals surface area contributed by atoms with Crippen LogP contribution in [0.3, 0.4) is 0 Å². The van der Waals surface area contributed by atoms with E-state index in [1.54, 1.807) is 36.5 Å². The summed E-state index contributed by atoms with van der Waals surface area (Å²) in [6.07, 6.45) is 1.45. The van der Waals surface area contributed by atoms with Crippen molar-refractivity contribution in [2.45, 2.75) is 17.9 Å². The third kappa shape index (κ3) is 4.79. The van der Waals surface area contributed by atoms with E-state index in [-0.39, 0.29) is 30.0 Å². The zero-order valence-corrected chi connectivity index (χ0v) is 17.2. The third-order valence-electron chi connectivity index (χ3n) is 4.66. The van der Waals surface area contributed by atoms with Gasteiger partial charge in [0, 0.05) is 18.8 Å². The van der Waals surface area contributed by atoms with E-state index in [9.17, 15) is 18.0 Å². The molecule has 0 aliphatic carbocycles. The van der Waals surface area contributed by atoms with Gasteiger partial charge in [0.05, 0.1) is 17.0 Å². The molecule has 1 N–H and O–H groups in total. The van der Waals surface area contributed by atoms with Crippen LogP contribution in [0.2, 0.25) is 0 Å².